The number of aromatic nitrogens is 1. The molecule has 1 aliphatic rings. The van der Waals surface area contributed by atoms with Crippen molar-refractivity contribution in [2.75, 3.05) is 13.1 Å². The van der Waals surface area contributed by atoms with E-state index in [2.05, 4.69) is 4.98 Å². The van der Waals surface area contributed by atoms with Crippen LogP contribution in [-0.4, -0.2) is 35.0 Å². The van der Waals surface area contributed by atoms with E-state index in [9.17, 15) is 4.79 Å². The average molecular weight is 343 g/mol. The summed E-state index contributed by atoms with van der Waals surface area (Å²) in [5.74, 6) is 0.501. The third-order valence-corrected chi connectivity index (χ3v) is 4.26. The van der Waals surface area contributed by atoms with Crippen LogP contribution in [0.4, 0.5) is 0 Å². The summed E-state index contributed by atoms with van der Waals surface area (Å²) in [5, 5.41) is 0.516. The van der Waals surface area contributed by atoms with Gasteiger partial charge in [-0.3, -0.25) is 4.79 Å². The van der Waals surface area contributed by atoms with Crippen molar-refractivity contribution in [3.05, 3.63) is 65.3 Å². The molecule has 2 heterocycles. The predicted molar refractivity (Wildman–Crippen MR) is 95.0 cm³/mol. The van der Waals surface area contributed by atoms with Gasteiger partial charge in [0.25, 0.3) is 0 Å². The van der Waals surface area contributed by atoms with Crippen molar-refractivity contribution in [3.8, 4) is 5.88 Å². The van der Waals surface area contributed by atoms with E-state index in [0.29, 0.717) is 24.0 Å². The van der Waals surface area contributed by atoms with E-state index in [4.69, 9.17) is 16.3 Å². The van der Waals surface area contributed by atoms with E-state index in [0.717, 1.165) is 18.4 Å². The lowest BCUT2D eigenvalue weighted by molar-refractivity contribution is -0.127. The minimum absolute atomic E-state index is 0.0353. The maximum Gasteiger partial charge on any atom is 0.246 e. The molecule has 4 nitrogen and oxygen atoms in total. The summed E-state index contributed by atoms with van der Waals surface area (Å²) in [6.07, 6.45) is 6.73. The fourth-order valence-corrected chi connectivity index (χ4v) is 2.81. The van der Waals surface area contributed by atoms with Gasteiger partial charge in [-0.25, -0.2) is 4.98 Å². The largest absolute Gasteiger partial charge is 0.473 e. The van der Waals surface area contributed by atoms with Crippen molar-refractivity contribution in [3.63, 3.8) is 0 Å². The van der Waals surface area contributed by atoms with Crippen LogP contribution in [0.15, 0.2) is 54.7 Å². The van der Waals surface area contributed by atoms with Gasteiger partial charge in [-0.05, 0) is 23.8 Å². The molecule has 124 valence electrons. The van der Waals surface area contributed by atoms with Crippen molar-refractivity contribution < 1.29 is 9.53 Å². The highest BCUT2D eigenvalue weighted by atomic mass is 35.5. The lowest BCUT2D eigenvalue weighted by Gasteiger charge is -2.31. The average Bonchev–Trinajstić information content (AvgIpc) is 2.63. The van der Waals surface area contributed by atoms with Crippen LogP contribution in [0.2, 0.25) is 5.02 Å². The lowest BCUT2D eigenvalue weighted by Crippen LogP contribution is -2.41. The highest BCUT2D eigenvalue weighted by molar-refractivity contribution is 6.31. The van der Waals surface area contributed by atoms with Gasteiger partial charge in [-0.15, -0.1) is 0 Å². The summed E-state index contributed by atoms with van der Waals surface area (Å²) in [6, 6.07) is 13.3. The number of piperidine rings is 1. The van der Waals surface area contributed by atoms with Gasteiger partial charge in [-0.2, -0.15) is 0 Å². The van der Waals surface area contributed by atoms with E-state index < -0.39 is 0 Å². The summed E-state index contributed by atoms with van der Waals surface area (Å²) in [6.45, 7) is 1.35. The summed E-state index contributed by atoms with van der Waals surface area (Å²) >= 11 is 6.06. The van der Waals surface area contributed by atoms with E-state index >= 15 is 0 Å². The number of hydrogen-bond acceptors (Lipinski definition) is 3. The molecular formula is C19H19ClN2O2. The minimum atomic E-state index is 0.0353. The first-order chi connectivity index (χ1) is 11.7. The quantitative estimate of drug-likeness (QED) is 0.793. The molecule has 1 amide bonds. The molecule has 0 atom stereocenters. The Kier molecular flexibility index (Phi) is 5.49. The van der Waals surface area contributed by atoms with Crippen molar-refractivity contribution in [2.45, 2.75) is 18.9 Å². The Morgan fingerprint density at radius 1 is 1.17 bits per heavy atom. The zero-order valence-electron chi connectivity index (χ0n) is 13.3. The van der Waals surface area contributed by atoms with E-state index in [1.54, 1.807) is 24.4 Å². The number of carbonyl (C=O) groups is 1. The number of benzene rings is 1. The molecule has 24 heavy (non-hydrogen) atoms. The van der Waals surface area contributed by atoms with Gasteiger partial charge in [0.2, 0.25) is 11.8 Å². The number of halogens is 1. The van der Waals surface area contributed by atoms with Gasteiger partial charge >= 0.3 is 0 Å². The molecule has 0 bridgehead atoms. The predicted octanol–water partition coefficient (Wildman–Crippen LogP) is 3.82. The topological polar surface area (TPSA) is 42.4 Å². The third-order valence-electron chi connectivity index (χ3n) is 3.97. The van der Waals surface area contributed by atoms with Gasteiger partial charge in [-0.1, -0.05) is 41.9 Å². The Balaban J connectivity index is 1.50. The fraction of sp³-hybridized carbons (Fsp3) is 0.263. The van der Waals surface area contributed by atoms with Crippen LogP contribution in [0, 0.1) is 0 Å². The molecule has 0 unspecified atom stereocenters. The molecule has 0 radical (unpaired) electrons. The summed E-state index contributed by atoms with van der Waals surface area (Å²) in [4.78, 5) is 18.2. The van der Waals surface area contributed by atoms with Crippen LogP contribution in [0.3, 0.4) is 0 Å². The second-order valence-corrected chi connectivity index (χ2v) is 6.08. The second kappa shape index (κ2) is 7.97. The van der Waals surface area contributed by atoms with Crippen molar-refractivity contribution >= 4 is 23.6 Å². The van der Waals surface area contributed by atoms with Crippen molar-refractivity contribution in [1.29, 1.82) is 0 Å². The second-order valence-electron chi connectivity index (χ2n) is 5.68. The Morgan fingerprint density at radius 3 is 2.62 bits per heavy atom. The zero-order valence-corrected chi connectivity index (χ0v) is 14.0. The number of likely N-dealkylation sites (tertiary alicyclic amines) is 1. The van der Waals surface area contributed by atoms with E-state index in [1.165, 1.54) is 0 Å². The molecule has 2 aromatic rings. The van der Waals surface area contributed by atoms with Gasteiger partial charge in [0.15, 0.2) is 0 Å². The number of nitrogens with zero attached hydrogens (tertiary/aromatic N) is 2. The van der Waals surface area contributed by atoms with Crippen molar-refractivity contribution in [2.24, 2.45) is 0 Å². The number of amides is 1. The van der Waals surface area contributed by atoms with Gasteiger partial charge in [0.1, 0.15) is 11.1 Å². The molecule has 1 aromatic heterocycles. The first-order valence-electron chi connectivity index (χ1n) is 8.01. The summed E-state index contributed by atoms with van der Waals surface area (Å²) < 4.78 is 5.84. The molecule has 0 spiro atoms. The molecule has 3 rings (SSSR count). The van der Waals surface area contributed by atoms with Gasteiger partial charge in [0.05, 0.1) is 0 Å². The first-order valence-corrected chi connectivity index (χ1v) is 8.39. The van der Waals surface area contributed by atoms with Gasteiger partial charge < -0.3 is 9.64 Å². The highest BCUT2D eigenvalue weighted by Crippen LogP contribution is 2.24. The zero-order chi connectivity index (χ0) is 16.8. The molecule has 0 aliphatic carbocycles. The minimum Gasteiger partial charge on any atom is -0.473 e. The normalized spacial score (nSPS) is 15.6. The van der Waals surface area contributed by atoms with Crippen LogP contribution in [-0.2, 0) is 4.79 Å². The third kappa shape index (κ3) is 4.36. The van der Waals surface area contributed by atoms with Crippen LogP contribution in [0.5, 0.6) is 5.88 Å². The summed E-state index contributed by atoms with van der Waals surface area (Å²) in [7, 11) is 0. The Bertz CT molecular complexity index is 710. The molecule has 1 fully saturated rings. The molecule has 1 aliphatic heterocycles. The SMILES string of the molecule is O=C(/C=C/c1ccccc1)N1CCC(Oc2ncccc2Cl)CC1. The fourth-order valence-electron chi connectivity index (χ4n) is 2.65. The van der Waals surface area contributed by atoms with Gasteiger partial charge in [0, 0.05) is 38.2 Å². The number of ether oxygens (including phenoxy) is 1. The Morgan fingerprint density at radius 2 is 1.92 bits per heavy atom. The Labute approximate surface area is 146 Å². The standard InChI is InChI=1S/C19H19ClN2O2/c20-17-7-4-12-21-19(17)24-16-10-13-22(14-11-16)18(23)9-8-15-5-2-1-3-6-15/h1-9,12,16H,10-11,13-14H2/b9-8+. The molecule has 1 aromatic carbocycles. The van der Waals surface area contributed by atoms with E-state index in [1.807, 2.05) is 41.3 Å². The monoisotopic (exact) mass is 342 g/mol. The molecule has 5 heteroatoms. The smallest absolute Gasteiger partial charge is 0.246 e. The Hall–Kier alpha value is -2.33. The van der Waals surface area contributed by atoms with Crippen LogP contribution in [0.25, 0.3) is 6.08 Å². The molecule has 1 saturated heterocycles. The molecule has 0 saturated carbocycles. The summed E-state index contributed by atoms with van der Waals surface area (Å²) in [5.41, 5.74) is 1.02. The van der Waals surface area contributed by atoms with Crippen molar-refractivity contribution in [1.82, 2.24) is 9.88 Å². The number of rotatable bonds is 4. The molecule has 0 N–H and O–H groups in total. The van der Waals surface area contributed by atoms with Crippen LogP contribution >= 0.6 is 11.6 Å². The first kappa shape index (κ1) is 16.5. The van der Waals surface area contributed by atoms with Crippen LogP contribution in [0.1, 0.15) is 18.4 Å². The lowest BCUT2D eigenvalue weighted by atomic mass is 10.1. The van der Waals surface area contributed by atoms with E-state index in [-0.39, 0.29) is 12.0 Å². The highest BCUT2D eigenvalue weighted by Gasteiger charge is 2.23. The number of hydrogen-bond donors (Lipinski definition) is 0. The maximum atomic E-state index is 12.3. The number of pyridine rings is 1. The maximum absolute atomic E-state index is 12.3. The van der Waals surface area contributed by atoms with Crippen LogP contribution < -0.4 is 4.74 Å². The number of carbonyl (C=O) groups excluding carboxylic acids is 1. The molecular weight excluding hydrogens is 324 g/mol.